The number of aryl methyl sites for hydroxylation is 4. The van der Waals surface area contributed by atoms with E-state index in [1.54, 1.807) is 16.2 Å². The lowest BCUT2D eigenvalue weighted by Gasteiger charge is -2.17. The number of amides is 1. The van der Waals surface area contributed by atoms with Crippen LogP contribution in [-0.4, -0.2) is 15.0 Å². The highest BCUT2D eigenvalue weighted by atomic mass is 16.2. The standard InChI is InChI=1S/C21H25N3O2/c1-14-9-10-15(2)17(13-14)16(3)22-20(25)11-12-24-19-8-6-5-7-18(19)23(4)21(24)26/h5-10,13,16H,11-12H2,1-4H3,(H,22,25). The molecule has 0 spiro atoms. The molecule has 0 radical (unpaired) electrons. The van der Waals surface area contributed by atoms with Gasteiger partial charge in [-0.1, -0.05) is 35.9 Å². The van der Waals surface area contributed by atoms with Gasteiger partial charge in [0.25, 0.3) is 0 Å². The second-order valence-electron chi connectivity index (χ2n) is 6.88. The number of rotatable bonds is 5. The molecule has 1 N–H and O–H groups in total. The molecule has 0 fully saturated rings. The number of nitrogens with zero attached hydrogens (tertiary/aromatic N) is 2. The van der Waals surface area contributed by atoms with Crippen LogP contribution in [0.2, 0.25) is 0 Å². The maximum absolute atomic E-state index is 12.4. The lowest BCUT2D eigenvalue weighted by atomic mass is 10.00. The maximum atomic E-state index is 12.4. The van der Waals surface area contributed by atoms with Crippen molar-refractivity contribution >= 4 is 16.9 Å². The van der Waals surface area contributed by atoms with Gasteiger partial charge >= 0.3 is 5.69 Å². The summed E-state index contributed by atoms with van der Waals surface area (Å²) in [4.78, 5) is 24.8. The van der Waals surface area contributed by atoms with Gasteiger partial charge in [0.1, 0.15) is 0 Å². The van der Waals surface area contributed by atoms with Crippen molar-refractivity contribution in [2.45, 2.75) is 39.8 Å². The number of carbonyl (C=O) groups is 1. The van der Waals surface area contributed by atoms with E-state index in [0.717, 1.165) is 22.2 Å². The number of aromatic nitrogens is 2. The molecule has 1 aromatic heterocycles. The first-order chi connectivity index (χ1) is 12.4. The van der Waals surface area contributed by atoms with Crippen LogP contribution in [0.1, 0.15) is 36.1 Å². The fourth-order valence-electron chi connectivity index (χ4n) is 3.41. The van der Waals surface area contributed by atoms with E-state index >= 15 is 0 Å². The van der Waals surface area contributed by atoms with Crippen LogP contribution in [0, 0.1) is 13.8 Å². The number of carbonyl (C=O) groups excluding carboxylic acids is 1. The van der Waals surface area contributed by atoms with Crippen molar-refractivity contribution in [2.75, 3.05) is 0 Å². The first-order valence-corrected chi connectivity index (χ1v) is 8.89. The van der Waals surface area contributed by atoms with Crippen molar-refractivity contribution in [2.24, 2.45) is 7.05 Å². The zero-order chi connectivity index (χ0) is 18.8. The molecular formula is C21H25N3O2. The van der Waals surface area contributed by atoms with E-state index in [0.29, 0.717) is 6.54 Å². The van der Waals surface area contributed by atoms with Gasteiger partial charge in [-0.15, -0.1) is 0 Å². The third-order valence-corrected chi connectivity index (χ3v) is 4.89. The van der Waals surface area contributed by atoms with E-state index < -0.39 is 0 Å². The molecule has 0 aliphatic rings. The highest BCUT2D eigenvalue weighted by Crippen LogP contribution is 2.19. The first-order valence-electron chi connectivity index (χ1n) is 8.89. The Hall–Kier alpha value is -2.82. The minimum Gasteiger partial charge on any atom is -0.350 e. The molecule has 0 aliphatic heterocycles. The van der Waals surface area contributed by atoms with Crippen molar-refractivity contribution in [1.82, 2.24) is 14.5 Å². The number of nitrogens with one attached hydrogen (secondary N) is 1. The zero-order valence-corrected chi connectivity index (χ0v) is 15.7. The summed E-state index contributed by atoms with van der Waals surface area (Å²) in [5, 5.41) is 3.05. The molecule has 3 rings (SSSR count). The van der Waals surface area contributed by atoms with Gasteiger partial charge in [-0.05, 0) is 44.0 Å². The fraction of sp³-hybridized carbons (Fsp3) is 0.333. The SMILES string of the molecule is Cc1ccc(C)c(C(C)NC(=O)CCn2c(=O)n(C)c3ccccc32)c1. The van der Waals surface area contributed by atoms with Crippen LogP contribution in [0.15, 0.2) is 47.3 Å². The Balaban J connectivity index is 1.71. The van der Waals surface area contributed by atoms with Gasteiger partial charge in [0.15, 0.2) is 0 Å². The van der Waals surface area contributed by atoms with E-state index in [2.05, 4.69) is 23.5 Å². The molecule has 1 atom stereocenters. The van der Waals surface area contributed by atoms with Crippen LogP contribution in [0.4, 0.5) is 0 Å². The predicted octanol–water partition coefficient (Wildman–Crippen LogP) is 3.22. The van der Waals surface area contributed by atoms with E-state index in [-0.39, 0.29) is 24.1 Å². The van der Waals surface area contributed by atoms with Crippen molar-refractivity contribution < 1.29 is 4.79 Å². The third kappa shape index (κ3) is 3.43. The maximum Gasteiger partial charge on any atom is 0.328 e. The largest absolute Gasteiger partial charge is 0.350 e. The van der Waals surface area contributed by atoms with Crippen LogP contribution in [-0.2, 0) is 18.4 Å². The summed E-state index contributed by atoms with van der Waals surface area (Å²) in [6.07, 6.45) is 0.267. The van der Waals surface area contributed by atoms with Gasteiger partial charge in [-0.25, -0.2) is 4.79 Å². The Morgan fingerprint density at radius 2 is 1.81 bits per heavy atom. The van der Waals surface area contributed by atoms with E-state index in [4.69, 9.17) is 0 Å². The molecule has 0 saturated carbocycles. The minimum absolute atomic E-state index is 0.0572. The molecule has 0 saturated heterocycles. The number of hydrogen-bond acceptors (Lipinski definition) is 2. The average molecular weight is 351 g/mol. The average Bonchev–Trinajstić information content (AvgIpc) is 2.86. The van der Waals surface area contributed by atoms with Crippen LogP contribution >= 0.6 is 0 Å². The summed E-state index contributed by atoms with van der Waals surface area (Å²) >= 11 is 0. The fourth-order valence-corrected chi connectivity index (χ4v) is 3.41. The van der Waals surface area contributed by atoms with Crippen molar-refractivity contribution in [1.29, 1.82) is 0 Å². The number of fused-ring (bicyclic) bond motifs is 1. The molecule has 26 heavy (non-hydrogen) atoms. The quantitative estimate of drug-likeness (QED) is 0.767. The van der Waals surface area contributed by atoms with Gasteiger partial charge in [0.2, 0.25) is 5.91 Å². The monoisotopic (exact) mass is 351 g/mol. The predicted molar refractivity (Wildman–Crippen MR) is 104 cm³/mol. The minimum atomic E-state index is -0.0958. The highest BCUT2D eigenvalue weighted by Gasteiger charge is 2.14. The van der Waals surface area contributed by atoms with Gasteiger partial charge in [0.05, 0.1) is 17.1 Å². The molecule has 5 nitrogen and oxygen atoms in total. The normalized spacial score (nSPS) is 12.3. The van der Waals surface area contributed by atoms with Crippen LogP contribution in [0.5, 0.6) is 0 Å². The van der Waals surface area contributed by atoms with E-state index in [1.165, 1.54) is 5.56 Å². The van der Waals surface area contributed by atoms with Crippen LogP contribution < -0.4 is 11.0 Å². The smallest absolute Gasteiger partial charge is 0.328 e. The van der Waals surface area contributed by atoms with Gasteiger partial charge in [-0.3, -0.25) is 13.9 Å². The molecular weight excluding hydrogens is 326 g/mol. The van der Waals surface area contributed by atoms with Gasteiger partial charge in [-0.2, -0.15) is 0 Å². The number of benzene rings is 2. The van der Waals surface area contributed by atoms with Crippen molar-refractivity contribution in [3.05, 3.63) is 69.6 Å². The number of hydrogen-bond donors (Lipinski definition) is 1. The molecule has 0 bridgehead atoms. The van der Waals surface area contributed by atoms with Gasteiger partial charge < -0.3 is 5.32 Å². The lowest BCUT2D eigenvalue weighted by Crippen LogP contribution is -2.30. The van der Waals surface area contributed by atoms with Gasteiger partial charge in [0, 0.05) is 20.0 Å². The lowest BCUT2D eigenvalue weighted by molar-refractivity contribution is -0.121. The Labute approximate surface area is 153 Å². The Bertz CT molecular complexity index is 1010. The topological polar surface area (TPSA) is 56.0 Å². The third-order valence-electron chi connectivity index (χ3n) is 4.89. The van der Waals surface area contributed by atoms with Crippen molar-refractivity contribution in [3.63, 3.8) is 0 Å². The molecule has 1 amide bonds. The van der Waals surface area contributed by atoms with Crippen LogP contribution in [0.25, 0.3) is 11.0 Å². The zero-order valence-electron chi connectivity index (χ0n) is 15.7. The highest BCUT2D eigenvalue weighted by molar-refractivity contribution is 5.78. The summed E-state index contributed by atoms with van der Waals surface area (Å²) in [6.45, 7) is 6.45. The van der Waals surface area contributed by atoms with Crippen LogP contribution in [0.3, 0.4) is 0 Å². The number of imidazole rings is 1. The molecule has 0 aliphatic carbocycles. The Morgan fingerprint density at radius 1 is 1.12 bits per heavy atom. The second-order valence-corrected chi connectivity index (χ2v) is 6.88. The Morgan fingerprint density at radius 3 is 2.54 bits per heavy atom. The summed E-state index contributed by atoms with van der Waals surface area (Å²) in [5.41, 5.74) is 5.10. The molecule has 3 aromatic rings. The summed E-state index contributed by atoms with van der Waals surface area (Å²) in [7, 11) is 1.75. The molecule has 5 heteroatoms. The van der Waals surface area contributed by atoms with E-state index in [9.17, 15) is 9.59 Å². The second kappa shape index (κ2) is 7.20. The molecule has 1 heterocycles. The first kappa shape index (κ1) is 18.0. The van der Waals surface area contributed by atoms with E-state index in [1.807, 2.05) is 45.0 Å². The molecule has 136 valence electrons. The molecule has 2 aromatic carbocycles. The molecule has 1 unspecified atom stereocenters. The number of para-hydroxylation sites is 2. The summed E-state index contributed by atoms with van der Waals surface area (Å²) < 4.78 is 3.28. The van der Waals surface area contributed by atoms with Crippen molar-refractivity contribution in [3.8, 4) is 0 Å². The Kier molecular flexibility index (Phi) is 4.98. The summed E-state index contributed by atoms with van der Waals surface area (Å²) in [6, 6.07) is 13.8. The summed E-state index contributed by atoms with van der Waals surface area (Å²) in [5.74, 6) is -0.0572.